The van der Waals surface area contributed by atoms with Crippen molar-refractivity contribution in [3.05, 3.63) is 77.1 Å². The molecule has 0 N–H and O–H groups in total. The zero-order chi connectivity index (χ0) is 15.0. The van der Waals surface area contributed by atoms with Crippen LogP contribution in [0.5, 0.6) is 0 Å². The third kappa shape index (κ3) is 2.09. The van der Waals surface area contributed by atoms with E-state index in [1.54, 1.807) is 12.1 Å². The van der Waals surface area contributed by atoms with Crippen molar-refractivity contribution in [3.63, 3.8) is 0 Å². The quantitative estimate of drug-likeness (QED) is 0.845. The predicted octanol–water partition coefficient (Wildman–Crippen LogP) is 3.32. The lowest BCUT2D eigenvalue weighted by atomic mass is 10.1. The summed E-state index contributed by atoms with van der Waals surface area (Å²) in [4.78, 5) is 13.8. The topological polar surface area (TPSA) is 44.1 Å². The van der Waals surface area contributed by atoms with E-state index >= 15 is 0 Å². The second-order valence-corrected chi connectivity index (χ2v) is 4.80. The molecule has 102 valence electrons. The summed E-state index contributed by atoms with van der Waals surface area (Å²) in [6.45, 7) is 4.02. The second kappa shape index (κ2) is 4.88. The van der Waals surface area contributed by atoms with Crippen molar-refractivity contribution < 1.29 is 9.18 Å². The molecular formula is C17H11FN2O. The molecule has 0 spiro atoms. The van der Waals surface area contributed by atoms with Crippen molar-refractivity contribution >= 4 is 11.6 Å². The predicted molar refractivity (Wildman–Crippen MR) is 76.5 cm³/mol. The Balaban J connectivity index is 1.93. The van der Waals surface area contributed by atoms with Gasteiger partial charge in [0, 0.05) is 22.4 Å². The molecule has 2 aromatic carbocycles. The Morgan fingerprint density at radius 1 is 1.19 bits per heavy atom. The van der Waals surface area contributed by atoms with Gasteiger partial charge in [0.25, 0.3) is 5.91 Å². The number of benzene rings is 2. The molecule has 0 aromatic heterocycles. The summed E-state index contributed by atoms with van der Waals surface area (Å²) < 4.78 is 14.0. The molecule has 0 aliphatic carbocycles. The molecule has 1 amide bonds. The first kappa shape index (κ1) is 13.1. The molecule has 0 saturated heterocycles. The molecule has 0 radical (unpaired) electrons. The van der Waals surface area contributed by atoms with Crippen LogP contribution in [0, 0.1) is 17.1 Å². The van der Waals surface area contributed by atoms with Crippen molar-refractivity contribution in [3.8, 4) is 6.07 Å². The van der Waals surface area contributed by atoms with Gasteiger partial charge in [-0.3, -0.25) is 4.79 Å². The van der Waals surface area contributed by atoms with Crippen LogP contribution in [0.3, 0.4) is 0 Å². The molecular weight excluding hydrogens is 267 g/mol. The van der Waals surface area contributed by atoms with Crippen LogP contribution < -0.4 is 0 Å². The normalized spacial score (nSPS) is 13.2. The molecule has 0 fully saturated rings. The highest BCUT2D eigenvalue weighted by Gasteiger charge is 2.30. The van der Waals surface area contributed by atoms with E-state index in [1.165, 1.54) is 23.1 Å². The number of hydrogen-bond acceptors (Lipinski definition) is 2. The molecule has 2 aromatic rings. The Labute approximate surface area is 121 Å². The minimum Gasteiger partial charge on any atom is -0.304 e. The maximum absolute atomic E-state index is 14.0. The lowest BCUT2D eigenvalue weighted by Crippen LogP contribution is -2.22. The van der Waals surface area contributed by atoms with Gasteiger partial charge in [0.1, 0.15) is 5.82 Å². The summed E-state index contributed by atoms with van der Waals surface area (Å²) in [7, 11) is 0. The average Bonchev–Trinajstić information content (AvgIpc) is 2.74. The van der Waals surface area contributed by atoms with Crippen molar-refractivity contribution in [1.82, 2.24) is 4.90 Å². The molecule has 21 heavy (non-hydrogen) atoms. The molecule has 1 aliphatic rings. The number of nitriles is 1. The van der Waals surface area contributed by atoms with Crippen LogP contribution in [0.15, 0.2) is 49.0 Å². The summed E-state index contributed by atoms with van der Waals surface area (Å²) in [6, 6.07) is 13.3. The summed E-state index contributed by atoms with van der Waals surface area (Å²) >= 11 is 0. The molecule has 3 nitrogen and oxygen atoms in total. The number of carbonyl (C=O) groups excluding carboxylic acids is 1. The first-order chi connectivity index (χ1) is 10.1. The highest BCUT2D eigenvalue weighted by molar-refractivity contribution is 6.08. The minimum atomic E-state index is -0.495. The Bertz CT molecular complexity index is 770. The summed E-state index contributed by atoms with van der Waals surface area (Å²) in [5.74, 6) is -0.676. The maximum atomic E-state index is 14.0. The molecule has 0 unspecified atom stereocenters. The summed E-state index contributed by atoms with van der Waals surface area (Å²) in [5.41, 5.74) is 2.54. The average molecular weight is 278 g/mol. The standard InChI is InChI=1S/C17H11FN2O/c1-11-14-4-2-3-5-15(14)17(21)20(11)10-13-7-6-12(9-19)8-16(13)18/h2-8H,1,10H2. The first-order valence-corrected chi connectivity index (χ1v) is 6.40. The van der Waals surface area contributed by atoms with Gasteiger partial charge in [-0.25, -0.2) is 4.39 Å². The van der Waals surface area contributed by atoms with Crippen molar-refractivity contribution in [2.75, 3.05) is 0 Å². The van der Waals surface area contributed by atoms with Gasteiger partial charge in [-0.05, 0) is 18.2 Å². The van der Waals surface area contributed by atoms with Crippen LogP contribution in [-0.2, 0) is 6.54 Å². The molecule has 0 bridgehead atoms. The number of carbonyl (C=O) groups is 1. The number of hydrogen-bond donors (Lipinski definition) is 0. The molecule has 1 heterocycles. The van der Waals surface area contributed by atoms with Gasteiger partial charge in [-0.1, -0.05) is 30.8 Å². The van der Waals surface area contributed by atoms with Crippen LogP contribution >= 0.6 is 0 Å². The molecule has 0 saturated carbocycles. The van der Waals surface area contributed by atoms with Gasteiger partial charge in [0.15, 0.2) is 0 Å². The van der Waals surface area contributed by atoms with E-state index < -0.39 is 5.82 Å². The van der Waals surface area contributed by atoms with Crippen LogP contribution in [0.1, 0.15) is 27.0 Å². The van der Waals surface area contributed by atoms with Crippen LogP contribution in [0.4, 0.5) is 4.39 Å². The minimum absolute atomic E-state index is 0.101. The SMILES string of the molecule is C=C1c2ccccc2C(=O)N1Cc1ccc(C#N)cc1F. The lowest BCUT2D eigenvalue weighted by Gasteiger charge is -2.18. The van der Waals surface area contributed by atoms with E-state index in [2.05, 4.69) is 6.58 Å². The Hall–Kier alpha value is -2.93. The number of rotatable bonds is 2. The summed E-state index contributed by atoms with van der Waals surface area (Å²) in [5, 5.41) is 8.74. The fraction of sp³-hybridized carbons (Fsp3) is 0.0588. The number of fused-ring (bicyclic) bond motifs is 1. The number of nitrogens with zero attached hydrogens (tertiary/aromatic N) is 2. The van der Waals surface area contributed by atoms with Gasteiger partial charge in [-0.15, -0.1) is 0 Å². The fourth-order valence-corrected chi connectivity index (χ4v) is 2.42. The number of halogens is 1. The zero-order valence-corrected chi connectivity index (χ0v) is 11.1. The van der Waals surface area contributed by atoms with Crippen molar-refractivity contribution in [1.29, 1.82) is 5.26 Å². The van der Waals surface area contributed by atoms with E-state index in [4.69, 9.17) is 5.26 Å². The largest absolute Gasteiger partial charge is 0.304 e. The zero-order valence-electron chi connectivity index (χ0n) is 11.1. The molecule has 3 rings (SSSR count). The molecule has 1 aliphatic heterocycles. The number of amides is 1. The fourth-order valence-electron chi connectivity index (χ4n) is 2.42. The van der Waals surface area contributed by atoms with E-state index in [0.717, 1.165) is 5.56 Å². The van der Waals surface area contributed by atoms with Gasteiger partial charge >= 0.3 is 0 Å². The first-order valence-electron chi connectivity index (χ1n) is 6.40. The third-order valence-electron chi connectivity index (χ3n) is 3.55. The Morgan fingerprint density at radius 3 is 2.52 bits per heavy atom. The highest BCUT2D eigenvalue weighted by Crippen LogP contribution is 2.32. The van der Waals surface area contributed by atoms with E-state index in [-0.39, 0.29) is 18.0 Å². The lowest BCUT2D eigenvalue weighted by molar-refractivity contribution is 0.0842. The van der Waals surface area contributed by atoms with Crippen LogP contribution in [0.25, 0.3) is 5.70 Å². The van der Waals surface area contributed by atoms with Gasteiger partial charge in [0.05, 0.1) is 18.2 Å². The second-order valence-electron chi connectivity index (χ2n) is 4.80. The molecule has 0 atom stereocenters. The molecule has 4 heteroatoms. The third-order valence-corrected chi connectivity index (χ3v) is 3.55. The van der Waals surface area contributed by atoms with Crippen LogP contribution in [0.2, 0.25) is 0 Å². The Morgan fingerprint density at radius 2 is 1.90 bits per heavy atom. The van der Waals surface area contributed by atoms with E-state index in [0.29, 0.717) is 16.8 Å². The van der Waals surface area contributed by atoms with E-state index in [9.17, 15) is 9.18 Å². The van der Waals surface area contributed by atoms with Crippen molar-refractivity contribution in [2.45, 2.75) is 6.54 Å². The van der Waals surface area contributed by atoms with Gasteiger partial charge in [-0.2, -0.15) is 5.26 Å². The highest BCUT2D eigenvalue weighted by atomic mass is 19.1. The van der Waals surface area contributed by atoms with Crippen LogP contribution in [-0.4, -0.2) is 10.8 Å². The van der Waals surface area contributed by atoms with E-state index in [1.807, 2.05) is 18.2 Å². The summed E-state index contributed by atoms with van der Waals surface area (Å²) in [6.07, 6.45) is 0. The maximum Gasteiger partial charge on any atom is 0.259 e. The van der Waals surface area contributed by atoms with Gasteiger partial charge < -0.3 is 4.90 Å². The van der Waals surface area contributed by atoms with Gasteiger partial charge in [0.2, 0.25) is 0 Å². The van der Waals surface area contributed by atoms with Crippen molar-refractivity contribution in [2.24, 2.45) is 0 Å². The Kier molecular flexibility index (Phi) is 3.03. The smallest absolute Gasteiger partial charge is 0.259 e. The monoisotopic (exact) mass is 278 g/mol.